The molecule has 0 atom stereocenters. The number of benzene rings is 1. The van der Waals surface area contributed by atoms with Crippen molar-refractivity contribution in [3.8, 4) is 5.75 Å². The molecule has 0 saturated carbocycles. The lowest BCUT2D eigenvalue weighted by molar-refractivity contribution is -0.137. The highest BCUT2D eigenvalue weighted by atomic mass is 35.5. The summed E-state index contributed by atoms with van der Waals surface area (Å²) in [6.45, 7) is 0.373. The first kappa shape index (κ1) is 14.3. The molecule has 0 aromatic heterocycles. The number of carbonyl (C=O) groups is 2. The summed E-state index contributed by atoms with van der Waals surface area (Å²) in [4.78, 5) is 22.0. The Hall–Kier alpha value is -1.75. The highest BCUT2D eigenvalue weighted by Crippen LogP contribution is 2.20. The molecule has 1 amide bonds. The number of amides is 1. The van der Waals surface area contributed by atoms with Gasteiger partial charge in [0, 0.05) is 13.0 Å². The average Bonchev–Trinajstić information content (AvgIpc) is 2.31. The van der Waals surface area contributed by atoms with Crippen molar-refractivity contribution in [2.75, 3.05) is 6.54 Å². The van der Waals surface area contributed by atoms with Gasteiger partial charge in [-0.3, -0.25) is 9.59 Å². The minimum absolute atomic E-state index is 0.0320. The van der Waals surface area contributed by atoms with Gasteiger partial charge in [-0.15, -0.1) is 0 Å². The molecule has 0 unspecified atom stereocenters. The largest absolute Gasteiger partial charge is 0.508 e. The summed E-state index contributed by atoms with van der Waals surface area (Å²) < 4.78 is 0. The fourth-order valence-electron chi connectivity index (χ4n) is 1.39. The SMILES string of the molecule is O=C(O)CCCCNC(=O)c1cc(O)ccc1Cl. The maximum atomic E-state index is 11.7. The van der Waals surface area contributed by atoms with Gasteiger partial charge in [-0.05, 0) is 31.0 Å². The number of aliphatic carboxylic acids is 1. The molecule has 1 rings (SSSR count). The van der Waals surface area contributed by atoms with Crippen molar-refractivity contribution in [3.63, 3.8) is 0 Å². The summed E-state index contributed by atoms with van der Waals surface area (Å²) in [5.74, 6) is -1.26. The van der Waals surface area contributed by atoms with Gasteiger partial charge in [0.1, 0.15) is 5.75 Å². The molecule has 0 spiro atoms. The quantitative estimate of drug-likeness (QED) is 0.691. The molecular formula is C12H14ClNO4. The zero-order valence-corrected chi connectivity index (χ0v) is 10.4. The van der Waals surface area contributed by atoms with Crippen LogP contribution >= 0.6 is 11.6 Å². The molecule has 5 nitrogen and oxygen atoms in total. The molecule has 0 aliphatic carbocycles. The van der Waals surface area contributed by atoms with Crippen molar-refractivity contribution in [2.45, 2.75) is 19.3 Å². The number of unbranched alkanes of at least 4 members (excludes halogenated alkanes) is 1. The van der Waals surface area contributed by atoms with Crippen LogP contribution in [0.15, 0.2) is 18.2 Å². The number of phenols is 1. The van der Waals surface area contributed by atoms with Crippen LogP contribution in [0, 0.1) is 0 Å². The number of carbonyl (C=O) groups excluding carboxylic acids is 1. The second-order valence-electron chi connectivity index (χ2n) is 3.77. The highest BCUT2D eigenvalue weighted by Gasteiger charge is 2.10. The Labute approximate surface area is 109 Å². The molecule has 0 aliphatic heterocycles. The second-order valence-corrected chi connectivity index (χ2v) is 4.18. The van der Waals surface area contributed by atoms with E-state index in [4.69, 9.17) is 16.7 Å². The van der Waals surface area contributed by atoms with Crippen LogP contribution in [0.4, 0.5) is 0 Å². The van der Waals surface area contributed by atoms with E-state index in [1.165, 1.54) is 18.2 Å². The van der Waals surface area contributed by atoms with Gasteiger partial charge in [0.25, 0.3) is 5.91 Å². The Kier molecular flexibility index (Phi) is 5.45. The van der Waals surface area contributed by atoms with Crippen LogP contribution in [-0.4, -0.2) is 28.6 Å². The van der Waals surface area contributed by atoms with E-state index in [9.17, 15) is 14.7 Å². The smallest absolute Gasteiger partial charge is 0.303 e. The summed E-state index contributed by atoms with van der Waals surface area (Å²) in [5.41, 5.74) is 0.204. The zero-order chi connectivity index (χ0) is 13.5. The Balaban J connectivity index is 2.41. The van der Waals surface area contributed by atoms with E-state index < -0.39 is 5.97 Å². The molecule has 6 heteroatoms. The van der Waals surface area contributed by atoms with Gasteiger partial charge in [0.05, 0.1) is 10.6 Å². The number of hydrogen-bond acceptors (Lipinski definition) is 3. The summed E-state index contributed by atoms with van der Waals surface area (Å²) >= 11 is 5.82. The Bertz CT molecular complexity index is 448. The third kappa shape index (κ3) is 4.63. The van der Waals surface area contributed by atoms with Crippen LogP contribution in [-0.2, 0) is 4.79 Å². The van der Waals surface area contributed by atoms with E-state index in [0.717, 1.165) is 0 Å². The number of carboxylic acid groups (broad SMARTS) is 1. The summed E-state index contributed by atoms with van der Waals surface area (Å²) in [5, 5.41) is 20.6. The van der Waals surface area contributed by atoms with Crippen LogP contribution in [0.1, 0.15) is 29.6 Å². The van der Waals surface area contributed by atoms with E-state index in [1.54, 1.807) is 0 Å². The second kappa shape index (κ2) is 6.86. The van der Waals surface area contributed by atoms with E-state index >= 15 is 0 Å². The molecule has 0 heterocycles. The van der Waals surface area contributed by atoms with Crippen molar-refractivity contribution in [3.05, 3.63) is 28.8 Å². The zero-order valence-electron chi connectivity index (χ0n) is 9.65. The molecule has 0 fully saturated rings. The van der Waals surface area contributed by atoms with Gasteiger partial charge in [0.15, 0.2) is 0 Å². The molecular weight excluding hydrogens is 258 g/mol. The third-order valence-corrected chi connectivity index (χ3v) is 2.63. The van der Waals surface area contributed by atoms with Crippen LogP contribution < -0.4 is 5.32 Å². The molecule has 1 aromatic carbocycles. The van der Waals surface area contributed by atoms with E-state index in [2.05, 4.69) is 5.32 Å². The molecule has 0 aliphatic rings. The number of halogens is 1. The Morgan fingerprint density at radius 1 is 1.28 bits per heavy atom. The molecule has 98 valence electrons. The van der Waals surface area contributed by atoms with Crippen LogP contribution in [0.2, 0.25) is 5.02 Å². The van der Waals surface area contributed by atoms with Gasteiger partial charge >= 0.3 is 5.97 Å². The van der Waals surface area contributed by atoms with Crippen LogP contribution in [0.25, 0.3) is 0 Å². The number of aromatic hydroxyl groups is 1. The van der Waals surface area contributed by atoms with E-state index in [0.29, 0.717) is 19.4 Å². The van der Waals surface area contributed by atoms with Crippen LogP contribution in [0.3, 0.4) is 0 Å². The van der Waals surface area contributed by atoms with Gasteiger partial charge in [-0.1, -0.05) is 11.6 Å². The molecule has 3 N–H and O–H groups in total. The topological polar surface area (TPSA) is 86.6 Å². The number of rotatable bonds is 6. The first-order chi connectivity index (χ1) is 8.50. The summed E-state index contributed by atoms with van der Waals surface area (Å²) in [7, 11) is 0. The highest BCUT2D eigenvalue weighted by molar-refractivity contribution is 6.33. The first-order valence-corrected chi connectivity index (χ1v) is 5.87. The standard InChI is InChI=1S/C12H14ClNO4/c13-10-5-4-8(15)7-9(10)12(18)14-6-2-1-3-11(16)17/h4-5,7,15H,1-3,6H2,(H,14,18)(H,16,17). The summed E-state index contributed by atoms with van der Waals surface area (Å²) in [6, 6.07) is 4.12. The van der Waals surface area contributed by atoms with Crippen molar-refractivity contribution < 1.29 is 19.8 Å². The number of nitrogens with one attached hydrogen (secondary N) is 1. The first-order valence-electron chi connectivity index (χ1n) is 5.49. The Morgan fingerprint density at radius 2 is 2.00 bits per heavy atom. The fourth-order valence-corrected chi connectivity index (χ4v) is 1.59. The number of carboxylic acids is 1. The van der Waals surface area contributed by atoms with Crippen molar-refractivity contribution >= 4 is 23.5 Å². The van der Waals surface area contributed by atoms with Crippen molar-refractivity contribution in [1.82, 2.24) is 5.32 Å². The minimum Gasteiger partial charge on any atom is -0.508 e. The average molecular weight is 272 g/mol. The van der Waals surface area contributed by atoms with Gasteiger partial charge in [-0.2, -0.15) is 0 Å². The predicted molar refractivity (Wildman–Crippen MR) is 66.9 cm³/mol. The summed E-state index contributed by atoms with van der Waals surface area (Å²) in [6.07, 6.45) is 1.17. The van der Waals surface area contributed by atoms with Crippen molar-refractivity contribution in [2.24, 2.45) is 0 Å². The van der Waals surface area contributed by atoms with Gasteiger partial charge < -0.3 is 15.5 Å². The lowest BCUT2D eigenvalue weighted by atomic mass is 10.2. The van der Waals surface area contributed by atoms with E-state index in [1.807, 2.05) is 0 Å². The maximum Gasteiger partial charge on any atom is 0.303 e. The molecule has 0 radical (unpaired) electrons. The van der Waals surface area contributed by atoms with Gasteiger partial charge in [-0.25, -0.2) is 0 Å². The maximum absolute atomic E-state index is 11.7. The molecule has 0 bridgehead atoms. The fraction of sp³-hybridized carbons (Fsp3) is 0.333. The molecule has 1 aromatic rings. The molecule has 18 heavy (non-hydrogen) atoms. The van der Waals surface area contributed by atoms with E-state index in [-0.39, 0.29) is 28.7 Å². The molecule has 0 saturated heterocycles. The predicted octanol–water partition coefficient (Wildman–Crippen LogP) is 2.03. The lowest BCUT2D eigenvalue weighted by Gasteiger charge is -2.06. The number of hydrogen-bond donors (Lipinski definition) is 3. The number of phenolic OH excluding ortho intramolecular Hbond substituents is 1. The minimum atomic E-state index is -0.850. The Morgan fingerprint density at radius 3 is 2.67 bits per heavy atom. The van der Waals surface area contributed by atoms with Crippen molar-refractivity contribution in [1.29, 1.82) is 0 Å². The van der Waals surface area contributed by atoms with Gasteiger partial charge in [0.2, 0.25) is 0 Å². The monoisotopic (exact) mass is 271 g/mol. The third-order valence-electron chi connectivity index (χ3n) is 2.30. The lowest BCUT2D eigenvalue weighted by Crippen LogP contribution is -2.24. The normalized spacial score (nSPS) is 10.1. The van der Waals surface area contributed by atoms with Crippen LogP contribution in [0.5, 0.6) is 5.75 Å².